The molecule has 1 aliphatic heterocycles. The van der Waals surface area contributed by atoms with Crippen molar-refractivity contribution in [2.45, 2.75) is 32.0 Å². The van der Waals surface area contributed by atoms with Gasteiger partial charge in [0.25, 0.3) is 0 Å². The zero-order valence-corrected chi connectivity index (χ0v) is 12.8. The Morgan fingerprint density at radius 3 is 2.48 bits per heavy atom. The first-order chi connectivity index (χ1) is 10.1. The van der Waals surface area contributed by atoms with Gasteiger partial charge in [-0.05, 0) is 42.5 Å². The second-order valence-corrected chi connectivity index (χ2v) is 7.20. The molecule has 0 radical (unpaired) electrons. The Morgan fingerprint density at radius 1 is 1.14 bits per heavy atom. The number of aryl methyl sites for hydroxylation is 1. The Kier molecular flexibility index (Phi) is 3.13. The largest absolute Gasteiger partial charge is 0.390 e. The SMILES string of the molecule is Cc1csc2c(N3C[C@H]4C[C@H](O)[C@H](O)C[C@H]4C3)ncnc12. The molecule has 4 rings (SSSR count). The third-order valence-corrected chi connectivity index (χ3v) is 6.00. The summed E-state index contributed by atoms with van der Waals surface area (Å²) >= 11 is 1.70. The summed E-state index contributed by atoms with van der Waals surface area (Å²) in [6.45, 7) is 3.90. The fraction of sp³-hybridized carbons (Fsp3) is 0.600. The maximum absolute atomic E-state index is 9.86. The minimum Gasteiger partial charge on any atom is -0.390 e. The van der Waals surface area contributed by atoms with Crippen LogP contribution < -0.4 is 4.90 Å². The van der Waals surface area contributed by atoms with Gasteiger partial charge in [-0.25, -0.2) is 9.97 Å². The lowest BCUT2D eigenvalue weighted by atomic mass is 9.79. The van der Waals surface area contributed by atoms with E-state index >= 15 is 0 Å². The van der Waals surface area contributed by atoms with E-state index in [0.717, 1.165) is 29.1 Å². The number of thiophene rings is 1. The molecule has 1 saturated heterocycles. The van der Waals surface area contributed by atoms with Crippen LogP contribution >= 0.6 is 11.3 Å². The van der Waals surface area contributed by atoms with Crippen molar-refractivity contribution in [1.82, 2.24) is 9.97 Å². The van der Waals surface area contributed by atoms with Gasteiger partial charge in [0.2, 0.25) is 0 Å². The lowest BCUT2D eigenvalue weighted by Gasteiger charge is -2.31. The van der Waals surface area contributed by atoms with Gasteiger partial charge in [0.1, 0.15) is 12.1 Å². The molecular formula is C15H19N3O2S. The topological polar surface area (TPSA) is 69.5 Å². The Morgan fingerprint density at radius 2 is 1.81 bits per heavy atom. The monoisotopic (exact) mass is 305 g/mol. The molecule has 6 heteroatoms. The molecule has 0 unspecified atom stereocenters. The third-order valence-electron chi connectivity index (χ3n) is 4.92. The lowest BCUT2D eigenvalue weighted by Crippen LogP contribution is -2.38. The Balaban J connectivity index is 1.65. The third kappa shape index (κ3) is 2.13. The molecule has 1 saturated carbocycles. The van der Waals surface area contributed by atoms with Crippen LogP contribution in [0.4, 0.5) is 5.82 Å². The van der Waals surface area contributed by atoms with E-state index in [-0.39, 0.29) is 0 Å². The molecule has 0 spiro atoms. The van der Waals surface area contributed by atoms with E-state index in [1.165, 1.54) is 5.56 Å². The van der Waals surface area contributed by atoms with Crippen molar-refractivity contribution in [1.29, 1.82) is 0 Å². The molecule has 3 heterocycles. The van der Waals surface area contributed by atoms with Crippen LogP contribution in [0, 0.1) is 18.8 Å². The number of aliphatic hydroxyl groups is 2. The van der Waals surface area contributed by atoms with Gasteiger partial charge in [0, 0.05) is 13.1 Å². The van der Waals surface area contributed by atoms with Crippen LogP contribution in [0.5, 0.6) is 0 Å². The summed E-state index contributed by atoms with van der Waals surface area (Å²) in [6.07, 6.45) is 1.89. The molecule has 1 aliphatic carbocycles. The summed E-state index contributed by atoms with van der Waals surface area (Å²) in [5.41, 5.74) is 2.24. The minimum atomic E-state index is -0.569. The van der Waals surface area contributed by atoms with E-state index < -0.39 is 12.2 Å². The van der Waals surface area contributed by atoms with Crippen LogP contribution in [0.1, 0.15) is 18.4 Å². The standard InChI is InChI=1S/C15H19N3O2S/c1-8-6-21-14-13(8)16-7-17-15(14)18-4-9-2-11(19)12(20)3-10(9)5-18/h6-7,9-12,19-20H,2-5H2,1H3/t9-,10+,11+,12-. The number of aromatic nitrogens is 2. The average molecular weight is 305 g/mol. The number of anilines is 1. The molecule has 5 nitrogen and oxygen atoms in total. The summed E-state index contributed by atoms with van der Waals surface area (Å²) in [7, 11) is 0. The van der Waals surface area contributed by atoms with Gasteiger partial charge in [-0.3, -0.25) is 0 Å². The summed E-state index contributed by atoms with van der Waals surface area (Å²) in [5, 5.41) is 21.9. The number of nitrogens with zero attached hydrogens (tertiary/aromatic N) is 3. The van der Waals surface area contributed by atoms with Crippen molar-refractivity contribution in [2.24, 2.45) is 11.8 Å². The van der Waals surface area contributed by atoms with Gasteiger partial charge in [0.05, 0.1) is 22.4 Å². The highest BCUT2D eigenvalue weighted by molar-refractivity contribution is 7.18. The first kappa shape index (κ1) is 13.4. The smallest absolute Gasteiger partial charge is 0.150 e. The molecule has 2 fully saturated rings. The Hall–Kier alpha value is -1.24. The molecule has 2 N–H and O–H groups in total. The first-order valence-electron chi connectivity index (χ1n) is 7.43. The van der Waals surface area contributed by atoms with E-state index in [1.54, 1.807) is 17.7 Å². The number of rotatable bonds is 1. The van der Waals surface area contributed by atoms with E-state index in [9.17, 15) is 10.2 Å². The van der Waals surface area contributed by atoms with Crippen molar-refractivity contribution in [2.75, 3.05) is 18.0 Å². The molecule has 21 heavy (non-hydrogen) atoms. The van der Waals surface area contributed by atoms with Gasteiger partial charge in [-0.15, -0.1) is 11.3 Å². The highest BCUT2D eigenvalue weighted by Gasteiger charge is 2.41. The second kappa shape index (κ2) is 4.90. The first-order valence-corrected chi connectivity index (χ1v) is 8.31. The van der Waals surface area contributed by atoms with Crippen molar-refractivity contribution >= 4 is 27.4 Å². The van der Waals surface area contributed by atoms with Crippen LogP contribution in [-0.4, -0.2) is 45.5 Å². The lowest BCUT2D eigenvalue weighted by molar-refractivity contribution is -0.0372. The number of hydrogen-bond donors (Lipinski definition) is 2. The van der Waals surface area contributed by atoms with Crippen molar-refractivity contribution in [3.8, 4) is 0 Å². The molecule has 2 aliphatic rings. The summed E-state index contributed by atoms with van der Waals surface area (Å²) < 4.78 is 1.15. The van der Waals surface area contributed by atoms with Gasteiger partial charge in [-0.2, -0.15) is 0 Å². The molecule has 112 valence electrons. The predicted molar refractivity (Wildman–Crippen MR) is 82.6 cm³/mol. The second-order valence-electron chi connectivity index (χ2n) is 6.32. The number of fused-ring (bicyclic) bond motifs is 2. The Bertz CT molecular complexity index is 656. The van der Waals surface area contributed by atoms with Gasteiger partial charge >= 0.3 is 0 Å². The van der Waals surface area contributed by atoms with Crippen LogP contribution in [0.2, 0.25) is 0 Å². The molecule has 0 aromatic carbocycles. The summed E-state index contributed by atoms with van der Waals surface area (Å²) in [4.78, 5) is 11.2. The molecule has 2 aromatic heterocycles. The van der Waals surface area contributed by atoms with Crippen LogP contribution in [0.25, 0.3) is 10.2 Å². The van der Waals surface area contributed by atoms with Crippen LogP contribution in [-0.2, 0) is 0 Å². The van der Waals surface area contributed by atoms with Crippen molar-refractivity contribution in [3.63, 3.8) is 0 Å². The maximum Gasteiger partial charge on any atom is 0.150 e. The normalized spacial score (nSPS) is 32.6. The highest BCUT2D eigenvalue weighted by atomic mass is 32.1. The van der Waals surface area contributed by atoms with E-state index in [4.69, 9.17) is 0 Å². The van der Waals surface area contributed by atoms with E-state index in [2.05, 4.69) is 27.2 Å². The van der Waals surface area contributed by atoms with Crippen LogP contribution in [0.15, 0.2) is 11.7 Å². The fourth-order valence-electron chi connectivity index (χ4n) is 3.76. The molecular weight excluding hydrogens is 286 g/mol. The number of aliphatic hydroxyl groups excluding tert-OH is 2. The molecule has 2 aromatic rings. The minimum absolute atomic E-state index is 0.453. The fourth-order valence-corrected chi connectivity index (χ4v) is 4.78. The Labute approximate surface area is 127 Å². The van der Waals surface area contributed by atoms with Gasteiger partial charge in [-0.1, -0.05) is 0 Å². The maximum atomic E-state index is 9.86. The summed E-state index contributed by atoms with van der Waals surface area (Å²) in [6, 6.07) is 0. The zero-order valence-electron chi connectivity index (χ0n) is 11.9. The predicted octanol–water partition coefficient (Wildman–Crippen LogP) is 1.57. The average Bonchev–Trinajstić information content (AvgIpc) is 3.04. The van der Waals surface area contributed by atoms with Crippen molar-refractivity contribution < 1.29 is 10.2 Å². The highest BCUT2D eigenvalue weighted by Crippen LogP contribution is 2.40. The van der Waals surface area contributed by atoms with Crippen LogP contribution in [0.3, 0.4) is 0 Å². The summed E-state index contributed by atoms with van der Waals surface area (Å²) in [5.74, 6) is 1.92. The number of hydrogen-bond acceptors (Lipinski definition) is 6. The molecule has 4 atom stereocenters. The van der Waals surface area contributed by atoms with Gasteiger partial charge in [0.15, 0.2) is 0 Å². The molecule has 0 bridgehead atoms. The van der Waals surface area contributed by atoms with E-state index in [0.29, 0.717) is 24.7 Å². The molecule has 0 amide bonds. The van der Waals surface area contributed by atoms with Crippen molar-refractivity contribution in [3.05, 3.63) is 17.3 Å². The van der Waals surface area contributed by atoms with E-state index in [1.807, 2.05) is 0 Å². The quantitative estimate of drug-likeness (QED) is 0.837. The zero-order chi connectivity index (χ0) is 14.6. The van der Waals surface area contributed by atoms with Gasteiger partial charge < -0.3 is 15.1 Å².